The van der Waals surface area contributed by atoms with Crippen LogP contribution in [-0.4, -0.2) is 29.3 Å². The topological polar surface area (TPSA) is 54.4 Å². The van der Waals surface area contributed by atoms with Crippen LogP contribution in [0.25, 0.3) is 11.3 Å². The Morgan fingerprint density at radius 1 is 1.10 bits per heavy atom. The van der Waals surface area contributed by atoms with Gasteiger partial charge < -0.3 is 34.6 Å². The summed E-state index contributed by atoms with van der Waals surface area (Å²) >= 11 is 0. The van der Waals surface area contributed by atoms with Gasteiger partial charge in [-0.2, -0.15) is 5.10 Å². The average Bonchev–Trinajstić information content (AvgIpc) is 3.10. The Balaban J connectivity index is 0.00000121. The van der Waals surface area contributed by atoms with Crippen LogP contribution in [0.1, 0.15) is 12.1 Å². The molecule has 1 aromatic carbocycles. The van der Waals surface area contributed by atoms with Gasteiger partial charge in [0.1, 0.15) is 5.69 Å². The van der Waals surface area contributed by atoms with Gasteiger partial charge in [-0.05, 0) is 12.1 Å². The van der Waals surface area contributed by atoms with Crippen molar-refractivity contribution in [2.45, 2.75) is 18.0 Å². The molecule has 2 atom stereocenters. The minimum Gasteiger partial charge on any atom is -1.00 e. The quantitative estimate of drug-likeness (QED) is 0.557. The van der Waals surface area contributed by atoms with Crippen LogP contribution < -0.4 is 34.6 Å². The summed E-state index contributed by atoms with van der Waals surface area (Å²) in [6.07, 6.45) is 1.17. The van der Waals surface area contributed by atoms with Gasteiger partial charge in [-0.3, -0.25) is 0 Å². The molecule has 3 N–H and O–H groups in total. The number of rotatable bonds is 2. The summed E-state index contributed by atoms with van der Waals surface area (Å²) in [5.74, 6) is 0. The van der Waals surface area contributed by atoms with Crippen LogP contribution in [0, 0.1) is 0 Å². The Bertz CT molecular complexity index is 577. The van der Waals surface area contributed by atoms with E-state index in [1.54, 1.807) is 0 Å². The van der Waals surface area contributed by atoms with E-state index in [-0.39, 0.29) is 29.5 Å². The third-order valence-corrected chi connectivity index (χ3v) is 4.35. The van der Waals surface area contributed by atoms with Crippen LogP contribution in [0.2, 0.25) is 0 Å². The zero-order valence-corrected chi connectivity index (χ0v) is 13.2. The first kappa shape index (κ1) is 13.9. The minimum absolute atomic E-state index is 0. The zero-order valence-electron chi connectivity index (χ0n) is 11.1. The lowest BCUT2D eigenvalue weighted by Crippen LogP contribution is -3.00. The predicted octanol–water partition coefficient (Wildman–Crippen LogP) is -2.72. The summed E-state index contributed by atoms with van der Waals surface area (Å²) in [4.78, 5) is 0. The number of halogens is 1. The van der Waals surface area contributed by atoms with E-state index in [1.165, 1.54) is 6.42 Å². The molecule has 0 saturated carbocycles. The molecule has 5 heteroatoms. The van der Waals surface area contributed by atoms with Crippen LogP contribution in [-0.2, 0) is 5.54 Å². The number of nitrogens with two attached hydrogens (primary N) is 1. The Labute approximate surface area is 135 Å². The number of benzene rings is 1. The van der Waals surface area contributed by atoms with Crippen molar-refractivity contribution >= 4 is 0 Å². The number of quaternary nitrogens is 1. The molecular formula is C15H17IN4. The van der Waals surface area contributed by atoms with E-state index in [9.17, 15) is 0 Å². The molecule has 104 valence electrons. The molecule has 0 aliphatic carbocycles. The van der Waals surface area contributed by atoms with Gasteiger partial charge in [0.05, 0.1) is 24.8 Å². The highest BCUT2D eigenvalue weighted by molar-refractivity contribution is 5.58. The molecule has 0 amide bonds. The molecule has 0 radical (unpaired) electrons. The highest BCUT2D eigenvalue weighted by atomic mass is 127. The molecule has 2 bridgehead atoms. The first-order valence-electron chi connectivity index (χ1n) is 6.83. The van der Waals surface area contributed by atoms with Gasteiger partial charge in [0, 0.05) is 12.0 Å². The molecule has 0 spiro atoms. The maximum absolute atomic E-state index is 4.49. The predicted molar refractivity (Wildman–Crippen MR) is 72.3 cm³/mol. The zero-order chi connectivity index (χ0) is 12.7. The number of fused-ring (bicyclic) bond motifs is 2. The highest BCUT2D eigenvalue weighted by Gasteiger charge is 2.51. The molecule has 2 unspecified atom stereocenters. The Morgan fingerprint density at radius 2 is 1.95 bits per heavy atom. The number of aromatic nitrogens is 2. The van der Waals surface area contributed by atoms with E-state index in [2.05, 4.69) is 45.1 Å². The fourth-order valence-corrected chi connectivity index (χ4v) is 3.26. The molecule has 2 fully saturated rings. The van der Waals surface area contributed by atoms with Crippen LogP contribution in [0.5, 0.6) is 0 Å². The summed E-state index contributed by atoms with van der Waals surface area (Å²) in [5.41, 5.74) is 3.31. The van der Waals surface area contributed by atoms with E-state index < -0.39 is 0 Å². The van der Waals surface area contributed by atoms with Crippen molar-refractivity contribution in [2.24, 2.45) is 0 Å². The van der Waals surface area contributed by atoms with Gasteiger partial charge in [-0.25, -0.2) is 0 Å². The summed E-state index contributed by atoms with van der Waals surface area (Å²) in [6.45, 7) is 2.17. The lowest BCUT2D eigenvalue weighted by atomic mass is 9.95. The Hall–Kier alpha value is -1.05. The van der Waals surface area contributed by atoms with Crippen molar-refractivity contribution < 1.29 is 29.3 Å². The van der Waals surface area contributed by atoms with Crippen molar-refractivity contribution in [3.63, 3.8) is 0 Å². The van der Waals surface area contributed by atoms with E-state index in [0.717, 1.165) is 30.0 Å². The lowest BCUT2D eigenvalue weighted by molar-refractivity contribution is -0.720. The van der Waals surface area contributed by atoms with E-state index in [4.69, 9.17) is 0 Å². The fourth-order valence-electron chi connectivity index (χ4n) is 3.26. The minimum atomic E-state index is 0. The SMILES string of the molecule is [I-].c1ccc(-c2ccc(C34CNC(C[NH2+]3)C4)nn2)cc1. The van der Waals surface area contributed by atoms with Crippen LogP contribution in [0.15, 0.2) is 42.5 Å². The molecule has 2 saturated heterocycles. The standard InChI is InChI=1S/C15H16N4.HI/c1-2-4-11(5-3-1)13-6-7-14(19-18-13)15-8-12(9-17-15)16-10-15;/h1-7,12,16-17H,8-10H2;1H. The second-order valence-corrected chi connectivity index (χ2v) is 5.55. The summed E-state index contributed by atoms with van der Waals surface area (Å²) in [6, 6.07) is 15.1. The monoisotopic (exact) mass is 380 g/mol. The number of nitrogens with zero attached hydrogens (tertiary/aromatic N) is 2. The van der Waals surface area contributed by atoms with Crippen molar-refractivity contribution in [1.82, 2.24) is 15.5 Å². The third-order valence-electron chi connectivity index (χ3n) is 4.35. The van der Waals surface area contributed by atoms with Crippen molar-refractivity contribution in [2.75, 3.05) is 13.1 Å². The highest BCUT2D eigenvalue weighted by Crippen LogP contribution is 2.29. The maximum atomic E-state index is 4.49. The van der Waals surface area contributed by atoms with Gasteiger partial charge in [-0.1, -0.05) is 30.3 Å². The number of nitrogens with one attached hydrogen (secondary N) is 1. The first-order valence-corrected chi connectivity index (χ1v) is 6.83. The molecule has 20 heavy (non-hydrogen) atoms. The van der Waals surface area contributed by atoms with E-state index >= 15 is 0 Å². The molecular weight excluding hydrogens is 363 g/mol. The number of piperazine rings is 1. The number of hydrogen-bond acceptors (Lipinski definition) is 3. The second kappa shape index (κ2) is 5.38. The van der Waals surface area contributed by atoms with Crippen molar-refractivity contribution in [3.05, 3.63) is 48.2 Å². The van der Waals surface area contributed by atoms with Gasteiger partial charge >= 0.3 is 0 Å². The van der Waals surface area contributed by atoms with Crippen LogP contribution in [0.4, 0.5) is 0 Å². The summed E-state index contributed by atoms with van der Waals surface area (Å²) in [5, 5.41) is 14.9. The first-order chi connectivity index (χ1) is 9.36. The van der Waals surface area contributed by atoms with E-state index in [0.29, 0.717) is 6.04 Å². The third kappa shape index (κ3) is 2.23. The Kier molecular flexibility index (Phi) is 3.74. The second-order valence-electron chi connectivity index (χ2n) is 5.55. The molecule has 2 aromatic rings. The molecule has 2 aliphatic rings. The van der Waals surface area contributed by atoms with Gasteiger partial charge in [0.25, 0.3) is 0 Å². The molecule has 2 aliphatic heterocycles. The smallest absolute Gasteiger partial charge is 0.155 e. The largest absolute Gasteiger partial charge is 1.00 e. The van der Waals surface area contributed by atoms with Gasteiger partial charge in [0.15, 0.2) is 5.54 Å². The van der Waals surface area contributed by atoms with Crippen molar-refractivity contribution in [1.29, 1.82) is 0 Å². The molecule has 4 nitrogen and oxygen atoms in total. The van der Waals surface area contributed by atoms with Crippen molar-refractivity contribution in [3.8, 4) is 11.3 Å². The molecule has 4 rings (SSSR count). The fraction of sp³-hybridized carbons (Fsp3) is 0.333. The number of hydrogen-bond donors (Lipinski definition) is 2. The summed E-state index contributed by atoms with van der Waals surface area (Å²) < 4.78 is 0. The lowest BCUT2D eigenvalue weighted by Gasteiger charge is -2.23. The van der Waals surface area contributed by atoms with E-state index in [1.807, 2.05) is 18.2 Å². The average molecular weight is 380 g/mol. The van der Waals surface area contributed by atoms with Crippen LogP contribution in [0.3, 0.4) is 0 Å². The summed E-state index contributed by atoms with van der Waals surface area (Å²) in [7, 11) is 0. The molecule has 3 heterocycles. The van der Waals surface area contributed by atoms with Gasteiger partial charge in [-0.15, -0.1) is 5.10 Å². The van der Waals surface area contributed by atoms with Crippen LogP contribution >= 0.6 is 0 Å². The molecule has 1 aromatic heterocycles. The maximum Gasteiger partial charge on any atom is 0.155 e. The van der Waals surface area contributed by atoms with Gasteiger partial charge in [0.2, 0.25) is 0 Å². The Morgan fingerprint density at radius 3 is 2.50 bits per heavy atom. The normalized spacial score (nSPS) is 27.3.